The second-order valence-corrected chi connectivity index (χ2v) is 8.95. The molecule has 1 aliphatic rings. The van der Waals surface area contributed by atoms with Crippen LogP contribution < -0.4 is 20.1 Å². The van der Waals surface area contributed by atoms with E-state index in [1.165, 1.54) is 0 Å². The van der Waals surface area contributed by atoms with Crippen molar-refractivity contribution in [3.8, 4) is 11.5 Å². The van der Waals surface area contributed by atoms with Crippen LogP contribution in [0.1, 0.15) is 64.4 Å². The summed E-state index contributed by atoms with van der Waals surface area (Å²) >= 11 is 0. The maximum absolute atomic E-state index is 12.8. The summed E-state index contributed by atoms with van der Waals surface area (Å²) in [6.07, 6.45) is 10.5. The lowest BCUT2D eigenvalue weighted by molar-refractivity contribution is -0.121. The van der Waals surface area contributed by atoms with Crippen LogP contribution in [-0.2, 0) is 11.3 Å². The molecule has 1 atom stereocenters. The summed E-state index contributed by atoms with van der Waals surface area (Å²) in [5.41, 5.74) is 0.894. The molecule has 0 saturated carbocycles. The van der Waals surface area contributed by atoms with Crippen molar-refractivity contribution in [3.05, 3.63) is 35.9 Å². The second kappa shape index (κ2) is 16.4. The smallest absolute Gasteiger partial charge is 0.415 e. The summed E-state index contributed by atoms with van der Waals surface area (Å²) in [7, 11) is 3.44. The van der Waals surface area contributed by atoms with Crippen LogP contribution in [0.4, 0.5) is 4.79 Å². The maximum Gasteiger partial charge on any atom is 0.415 e. The Morgan fingerprint density at radius 1 is 1.21 bits per heavy atom. The second-order valence-electron chi connectivity index (χ2n) is 8.95. The van der Waals surface area contributed by atoms with Crippen molar-refractivity contribution < 1.29 is 19.1 Å². The third-order valence-electron chi connectivity index (χ3n) is 5.76. The lowest BCUT2D eigenvalue weighted by atomic mass is 10.0. The molecule has 0 spiro atoms. The minimum Gasteiger partial charge on any atom is -0.493 e. The summed E-state index contributed by atoms with van der Waals surface area (Å²) in [6.45, 7) is 6.17. The Hall–Kier alpha value is -2.25. The highest BCUT2D eigenvalue weighted by molar-refractivity contribution is 5.85. The van der Waals surface area contributed by atoms with Crippen molar-refractivity contribution in [1.82, 2.24) is 15.5 Å². The lowest BCUT2D eigenvalue weighted by Crippen LogP contribution is -2.49. The first-order valence-corrected chi connectivity index (χ1v) is 12.2. The highest BCUT2D eigenvalue weighted by Gasteiger charge is 2.28. The van der Waals surface area contributed by atoms with Crippen LogP contribution in [0.15, 0.2) is 30.4 Å². The van der Waals surface area contributed by atoms with Crippen LogP contribution in [0.25, 0.3) is 0 Å². The van der Waals surface area contributed by atoms with Gasteiger partial charge in [-0.05, 0) is 69.2 Å². The molecule has 7 nitrogen and oxygen atoms in total. The van der Waals surface area contributed by atoms with Crippen LogP contribution >= 0.6 is 12.4 Å². The zero-order valence-electron chi connectivity index (χ0n) is 21.1. The number of benzene rings is 1. The molecule has 0 radical (unpaired) electrons. The summed E-state index contributed by atoms with van der Waals surface area (Å²) in [6, 6.07) is 5.53. The molecule has 192 valence electrons. The quantitative estimate of drug-likeness (QED) is 0.312. The fourth-order valence-electron chi connectivity index (χ4n) is 3.95. The number of ether oxygens (including phenoxy) is 2. The van der Waals surface area contributed by atoms with Gasteiger partial charge in [-0.25, -0.2) is 4.79 Å². The Labute approximate surface area is 211 Å². The highest BCUT2D eigenvalue weighted by Crippen LogP contribution is 2.29. The Bertz CT molecular complexity index is 783. The lowest BCUT2D eigenvalue weighted by Gasteiger charge is -2.34. The molecule has 2 rings (SSSR count). The van der Waals surface area contributed by atoms with E-state index < -0.39 is 0 Å². The van der Waals surface area contributed by atoms with Crippen molar-refractivity contribution in [2.75, 3.05) is 27.2 Å². The largest absolute Gasteiger partial charge is 0.493 e. The number of amides is 2. The van der Waals surface area contributed by atoms with Gasteiger partial charge in [0.05, 0.1) is 7.11 Å². The summed E-state index contributed by atoms with van der Waals surface area (Å²) in [5, 5.41) is 6.11. The molecule has 1 aliphatic heterocycles. The number of likely N-dealkylation sites (N-methyl/N-ethyl adjacent to an activating group) is 1. The van der Waals surface area contributed by atoms with Crippen LogP contribution in [0.3, 0.4) is 0 Å². The zero-order valence-corrected chi connectivity index (χ0v) is 21.9. The van der Waals surface area contributed by atoms with E-state index in [9.17, 15) is 9.59 Å². The Kier molecular flexibility index (Phi) is 14.4. The molecule has 1 heterocycles. The predicted octanol–water partition coefficient (Wildman–Crippen LogP) is 5.08. The molecule has 1 saturated heterocycles. The Morgan fingerprint density at radius 2 is 2.00 bits per heavy atom. The van der Waals surface area contributed by atoms with Crippen LogP contribution in [0, 0.1) is 5.92 Å². The topological polar surface area (TPSA) is 79.9 Å². The first-order chi connectivity index (χ1) is 15.9. The Balaban J connectivity index is 0.00000578. The molecule has 1 aromatic rings. The van der Waals surface area contributed by atoms with Gasteiger partial charge in [0.1, 0.15) is 0 Å². The van der Waals surface area contributed by atoms with Gasteiger partial charge in [0.15, 0.2) is 11.5 Å². The number of hydrogen-bond donors (Lipinski definition) is 2. The number of unbranched alkanes of at least 4 members (excludes halogenated alkanes) is 2. The van der Waals surface area contributed by atoms with Gasteiger partial charge < -0.3 is 25.0 Å². The number of nitrogens with one attached hydrogen (secondary N) is 2. The van der Waals surface area contributed by atoms with E-state index in [-0.39, 0.29) is 30.4 Å². The van der Waals surface area contributed by atoms with E-state index in [1.807, 2.05) is 13.1 Å². The van der Waals surface area contributed by atoms with Gasteiger partial charge in [0, 0.05) is 32.1 Å². The van der Waals surface area contributed by atoms with Gasteiger partial charge in [-0.15, -0.1) is 12.4 Å². The highest BCUT2D eigenvalue weighted by atomic mass is 35.5. The number of carbonyl (C=O) groups is 2. The predicted molar refractivity (Wildman–Crippen MR) is 139 cm³/mol. The van der Waals surface area contributed by atoms with E-state index in [0.717, 1.165) is 50.6 Å². The summed E-state index contributed by atoms with van der Waals surface area (Å²) < 4.78 is 11.1. The fourth-order valence-corrected chi connectivity index (χ4v) is 3.95. The van der Waals surface area contributed by atoms with E-state index in [0.29, 0.717) is 36.9 Å². The number of allylic oxidation sites excluding steroid dienone is 2. The van der Waals surface area contributed by atoms with Gasteiger partial charge in [0.2, 0.25) is 5.91 Å². The van der Waals surface area contributed by atoms with Crippen molar-refractivity contribution in [1.29, 1.82) is 0 Å². The van der Waals surface area contributed by atoms with Crippen molar-refractivity contribution in [3.63, 3.8) is 0 Å². The molecule has 1 unspecified atom stereocenters. The number of hydrogen-bond acceptors (Lipinski definition) is 5. The number of rotatable bonds is 12. The number of piperidine rings is 1. The third-order valence-corrected chi connectivity index (χ3v) is 5.76. The van der Waals surface area contributed by atoms with E-state index in [2.05, 4.69) is 36.6 Å². The Morgan fingerprint density at radius 3 is 2.71 bits per heavy atom. The van der Waals surface area contributed by atoms with Crippen molar-refractivity contribution in [2.45, 2.75) is 71.4 Å². The minimum atomic E-state index is -0.349. The van der Waals surface area contributed by atoms with Crippen molar-refractivity contribution in [2.24, 2.45) is 5.92 Å². The van der Waals surface area contributed by atoms with E-state index in [1.54, 1.807) is 24.1 Å². The molecule has 8 heteroatoms. The van der Waals surface area contributed by atoms with Gasteiger partial charge in [-0.1, -0.05) is 32.1 Å². The summed E-state index contributed by atoms with van der Waals surface area (Å²) in [4.78, 5) is 26.7. The molecule has 34 heavy (non-hydrogen) atoms. The van der Waals surface area contributed by atoms with Crippen LogP contribution in [0.2, 0.25) is 0 Å². The van der Waals surface area contributed by atoms with E-state index in [4.69, 9.17) is 9.47 Å². The molecule has 1 fully saturated rings. The molecule has 2 amide bonds. The normalized spacial score (nSPS) is 15.8. The molecule has 0 bridgehead atoms. The first-order valence-electron chi connectivity index (χ1n) is 12.2. The molecule has 0 aromatic heterocycles. The molecule has 2 N–H and O–H groups in total. The van der Waals surface area contributed by atoms with E-state index >= 15 is 0 Å². The standard InChI is InChI=1S/C26H41N3O4.ClH/c1-20(2)11-7-5-6-8-13-25(30)28-18-21-14-15-23(24(17-21)32-4)33-26(31)29-16-10-9-12-22(29)19-27-3;/h7,11,14-15,17,20,22,27H,5-6,8-10,12-13,16,18-19H2,1-4H3,(H,28,30);1H/b11-7+;. The van der Waals surface area contributed by atoms with Gasteiger partial charge in [0.25, 0.3) is 0 Å². The van der Waals surface area contributed by atoms with Crippen LogP contribution in [-0.4, -0.2) is 50.2 Å². The SMILES string of the molecule is CNCC1CCCCN1C(=O)Oc1ccc(CNC(=O)CCCC/C=C/C(C)C)cc1OC.Cl. The van der Waals surface area contributed by atoms with Gasteiger partial charge >= 0.3 is 6.09 Å². The number of methoxy groups -OCH3 is 1. The number of halogens is 1. The average Bonchev–Trinajstić information content (AvgIpc) is 2.81. The molecule has 0 aliphatic carbocycles. The molecule has 1 aromatic carbocycles. The van der Waals surface area contributed by atoms with Gasteiger partial charge in [-0.3, -0.25) is 4.79 Å². The maximum atomic E-state index is 12.8. The third kappa shape index (κ3) is 10.3. The fraction of sp³-hybridized carbons (Fsp3) is 0.615. The summed E-state index contributed by atoms with van der Waals surface area (Å²) in [5.74, 6) is 1.48. The minimum absolute atomic E-state index is 0. The molecular formula is C26H42ClN3O4. The number of likely N-dealkylation sites (tertiary alicyclic amines) is 1. The zero-order chi connectivity index (χ0) is 24.1. The molecular weight excluding hydrogens is 454 g/mol. The van der Waals surface area contributed by atoms with Gasteiger partial charge in [-0.2, -0.15) is 0 Å². The average molecular weight is 496 g/mol. The van der Waals surface area contributed by atoms with Crippen molar-refractivity contribution >= 4 is 24.4 Å². The van der Waals surface area contributed by atoms with Crippen LogP contribution in [0.5, 0.6) is 11.5 Å². The first kappa shape index (κ1) is 29.8. The monoisotopic (exact) mass is 495 g/mol. The number of nitrogens with zero attached hydrogens (tertiary/aromatic N) is 1. The number of carbonyl (C=O) groups excluding carboxylic acids is 2.